The second-order valence-electron chi connectivity index (χ2n) is 6.61. The highest BCUT2D eigenvalue weighted by Gasteiger charge is 2.17. The molecule has 0 atom stereocenters. The van der Waals surface area contributed by atoms with Crippen LogP contribution in [0.4, 0.5) is 15.3 Å². The van der Waals surface area contributed by atoms with Gasteiger partial charge in [0.2, 0.25) is 0 Å². The predicted molar refractivity (Wildman–Crippen MR) is 101 cm³/mol. The Kier molecular flexibility index (Phi) is 8.25. The SMILES string of the molecule is CCCOC(=O)CNC(=O)Nc1ccc(C(=N)NC(=O)OC(C)(C)C)cc1. The van der Waals surface area contributed by atoms with Crippen LogP contribution in [0.25, 0.3) is 0 Å². The molecule has 4 N–H and O–H groups in total. The number of hydrogen-bond acceptors (Lipinski definition) is 6. The van der Waals surface area contributed by atoms with Gasteiger partial charge in [-0.05, 0) is 51.5 Å². The van der Waals surface area contributed by atoms with Crippen LogP contribution in [-0.4, -0.2) is 42.7 Å². The van der Waals surface area contributed by atoms with Crippen molar-refractivity contribution in [3.05, 3.63) is 29.8 Å². The molecule has 1 rings (SSSR count). The lowest BCUT2D eigenvalue weighted by Gasteiger charge is -2.19. The fourth-order valence-electron chi connectivity index (χ4n) is 1.79. The van der Waals surface area contributed by atoms with E-state index >= 15 is 0 Å². The van der Waals surface area contributed by atoms with Gasteiger partial charge in [0.05, 0.1) is 6.61 Å². The quantitative estimate of drug-likeness (QED) is 0.343. The first kappa shape index (κ1) is 21.9. The number of anilines is 1. The predicted octanol–water partition coefficient (Wildman–Crippen LogP) is 2.61. The van der Waals surface area contributed by atoms with Gasteiger partial charge in [0.25, 0.3) is 0 Å². The molecule has 0 unspecified atom stereocenters. The first-order valence-electron chi connectivity index (χ1n) is 8.50. The van der Waals surface area contributed by atoms with Crippen molar-refractivity contribution in [2.75, 3.05) is 18.5 Å². The van der Waals surface area contributed by atoms with Crippen LogP contribution in [0.1, 0.15) is 39.7 Å². The summed E-state index contributed by atoms with van der Waals surface area (Å²) in [6.45, 7) is 7.14. The summed E-state index contributed by atoms with van der Waals surface area (Å²) in [6.07, 6.45) is -0.00809. The molecule has 0 aliphatic carbocycles. The minimum atomic E-state index is -0.718. The Morgan fingerprint density at radius 1 is 1.11 bits per heavy atom. The molecular weight excluding hydrogens is 352 g/mol. The Hall–Kier alpha value is -3.10. The molecule has 0 radical (unpaired) electrons. The maximum absolute atomic E-state index is 11.7. The van der Waals surface area contributed by atoms with E-state index in [1.807, 2.05) is 6.92 Å². The third-order valence-electron chi connectivity index (χ3n) is 2.92. The molecule has 9 heteroatoms. The van der Waals surface area contributed by atoms with Crippen molar-refractivity contribution in [2.24, 2.45) is 0 Å². The maximum atomic E-state index is 11.7. The van der Waals surface area contributed by atoms with E-state index in [9.17, 15) is 14.4 Å². The highest BCUT2D eigenvalue weighted by Crippen LogP contribution is 2.10. The van der Waals surface area contributed by atoms with Crippen LogP contribution in [0.5, 0.6) is 0 Å². The molecule has 0 spiro atoms. The highest BCUT2D eigenvalue weighted by molar-refractivity contribution is 6.04. The number of carbonyl (C=O) groups is 3. The molecule has 0 aliphatic heterocycles. The van der Waals surface area contributed by atoms with Gasteiger partial charge in [-0.3, -0.25) is 15.5 Å². The zero-order valence-electron chi connectivity index (χ0n) is 16.0. The Labute approximate surface area is 158 Å². The molecule has 148 valence electrons. The van der Waals surface area contributed by atoms with Crippen molar-refractivity contribution in [3.8, 4) is 0 Å². The Morgan fingerprint density at radius 2 is 1.74 bits per heavy atom. The van der Waals surface area contributed by atoms with Crippen LogP contribution in [0.2, 0.25) is 0 Å². The van der Waals surface area contributed by atoms with Crippen LogP contribution in [0, 0.1) is 5.41 Å². The number of amides is 3. The number of esters is 1. The molecule has 0 heterocycles. The lowest BCUT2D eigenvalue weighted by atomic mass is 10.2. The molecule has 3 amide bonds. The van der Waals surface area contributed by atoms with Gasteiger partial charge in [0.1, 0.15) is 18.0 Å². The summed E-state index contributed by atoms with van der Waals surface area (Å²) in [5, 5.41) is 15.2. The van der Waals surface area contributed by atoms with Crippen molar-refractivity contribution in [2.45, 2.75) is 39.7 Å². The van der Waals surface area contributed by atoms with Gasteiger partial charge in [-0.25, -0.2) is 9.59 Å². The summed E-state index contributed by atoms with van der Waals surface area (Å²) < 4.78 is 9.93. The van der Waals surface area contributed by atoms with E-state index in [-0.39, 0.29) is 12.4 Å². The number of hydrogen-bond donors (Lipinski definition) is 4. The summed E-state index contributed by atoms with van der Waals surface area (Å²) in [5.41, 5.74) is 0.243. The summed E-state index contributed by atoms with van der Waals surface area (Å²) in [7, 11) is 0. The smallest absolute Gasteiger partial charge is 0.413 e. The van der Waals surface area contributed by atoms with E-state index in [1.54, 1.807) is 45.0 Å². The summed E-state index contributed by atoms with van der Waals surface area (Å²) in [5.74, 6) is -0.636. The molecule has 0 saturated heterocycles. The van der Waals surface area contributed by atoms with Crippen molar-refractivity contribution >= 4 is 29.6 Å². The minimum Gasteiger partial charge on any atom is -0.464 e. The number of nitrogens with one attached hydrogen (secondary N) is 4. The lowest BCUT2D eigenvalue weighted by molar-refractivity contribution is -0.142. The standard InChI is InChI=1S/C18H26N4O5/c1-5-10-26-14(23)11-20-16(24)21-13-8-6-12(7-9-13)15(19)22-17(25)27-18(2,3)4/h6-9H,5,10-11H2,1-4H3,(H2,19,22,25)(H2,20,21,24). The number of alkyl carbamates (subject to hydrolysis) is 1. The topological polar surface area (TPSA) is 130 Å². The fourth-order valence-corrected chi connectivity index (χ4v) is 1.79. The van der Waals surface area contributed by atoms with Gasteiger partial charge in [-0.2, -0.15) is 0 Å². The van der Waals surface area contributed by atoms with Gasteiger partial charge < -0.3 is 20.1 Å². The Bertz CT molecular complexity index is 680. The van der Waals surface area contributed by atoms with Crippen molar-refractivity contribution in [1.82, 2.24) is 10.6 Å². The van der Waals surface area contributed by atoms with Crippen LogP contribution in [0.3, 0.4) is 0 Å². The molecule has 27 heavy (non-hydrogen) atoms. The number of benzene rings is 1. The van der Waals surface area contributed by atoms with Gasteiger partial charge >= 0.3 is 18.1 Å². The van der Waals surface area contributed by atoms with Crippen molar-refractivity contribution < 1.29 is 23.9 Å². The number of rotatable bonds is 6. The number of urea groups is 1. The molecule has 0 aliphatic rings. The average molecular weight is 378 g/mol. The van der Waals surface area contributed by atoms with Crippen molar-refractivity contribution in [1.29, 1.82) is 5.41 Å². The molecule has 0 aromatic heterocycles. The zero-order valence-corrected chi connectivity index (χ0v) is 16.0. The Balaban J connectivity index is 2.49. The van der Waals surface area contributed by atoms with Crippen LogP contribution < -0.4 is 16.0 Å². The van der Waals surface area contributed by atoms with E-state index in [0.717, 1.165) is 0 Å². The molecule has 1 aromatic carbocycles. The van der Waals surface area contributed by atoms with Crippen molar-refractivity contribution in [3.63, 3.8) is 0 Å². The van der Waals surface area contributed by atoms with E-state index in [0.29, 0.717) is 24.3 Å². The maximum Gasteiger partial charge on any atom is 0.413 e. The average Bonchev–Trinajstić information content (AvgIpc) is 2.57. The second-order valence-corrected chi connectivity index (χ2v) is 6.61. The molecular formula is C18H26N4O5. The van der Waals surface area contributed by atoms with Gasteiger partial charge in [-0.1, -0.05) is 6.92 Å². The highest BCUT2D eigenvalue weighted by atomic mass is 16.6. The van der Waals surface area contributed by atoms with Gasteiger partial charge in [-0.15, -0.1) is 0 Å². The fraction of sp³-hybridized carbons (Fsp3) is 0.444. The van der Waals surface area contributed by atoms with E-state index < -0.39 is 23.7 Å². The number of amidine groups is 1. The molecule has 1 aromatic rings. The van der Waals surface area contributed by atoms with Gasteiger partial charge in [0.15, 0.2) is 0 Å². The third-order valence-corrected chi connectivity index (χ3v) is 2.92. The zero-order chi connectivity index (χ0) is 20.4. The van der Waals surface area contributed by atoms with E-state index in [1.165, 1.54) is 0 Å². The second kappa shape index (κ2) is 10.1. The molecule has 0 saturated carbocycles. The monoisotopic (exact) mass is 378 g/mol. The molecule has 0 bridgehead atoms. The molecule has 0 fully saturated rings. The summed E-state index contributed by atoms with van der Waals surface area (Å²) >= 11 is 0. The summed E-state index contributed by atoms with van der Waals surface area (Å²) in [6, 6.07) is 5.69. The minimum absolute atomic E-state index is 0.126. The van der Waals surface area contributed by atoms with E-state index in [4.69, 9.17) is 14.9 Å². The number of ether oxygens (including phenoxy) is 2. The van der Waals surface area contributed by atoms with Crippen LogP contribution in [-0.2, 0) is 14.3 Å². The normalized spacial score (nSPS) is 10.5. The largest absolute Gasteiger partial charge is 0.464 e. The third kappa shape index (κ3) is 9.24. The van der Waals surface area contributed by atoms with Crippen LogP contribution >= 0.6 is 0 Å². The first-order valence-corrected chi connectivity index (χ1v) is 8.50. The molecule has 9 nitrogen and oxygen atoms in total. The van der Waals surface area contributed by atoms with Gasteiger partial charge in [0, 0.05) is 11.3 Å². The first-order chi connectivity index (χ1) is 12.6. The summed E-state index contributed by atoms with van der Waals surface area (Å²) in [4.78, 5) is 34.7. The Morgan fingerprint density at radius 3 is 2.30 bits per heavy atom. The van der Waals surface area contributed by atoms with Crippen LogP contribution in [0.15, 0.2) is 24.3 Å². The number of carbonyl (C=O) groups excluding carboxylic acids is 3. The van der Waals surface area contributed by atoms with E-state index in [2.05, 4.69) is 16.0 Å². The lowest BCUT2D eigenvalue weighted by Crippen LogP contribution is -2.36.